The molecule has 0 unspecified atom stereocenters. The average molecular weight is 564 g/mol. The third-order valence-corrected chi connectivity index (χ3v) is 4.46. The molecule has 0 atom stereocenters. The van der Waals surface area contributed by atoms with E-state index in [1.165, 1.54) is 18.2 Å². The number of nitrogens with one attached hydrogen (secondary N) is 1. The van der Waals surface area contributed by atoms with Crippen LogP contribution in [0.25, 0.3) is 0 Å². The molecule has 0 saturated heterocycles. The maximum absolute atomic E-state index is 13.2. The van der Waals surface area contributed by atoms with Crippen molar-refractivity contribution in [2.75, 3.05) is 6.61 Å². The van der Waals surface area contributed by atoms with Crippen LogP contribution in [0.2, 0.25) is 0 Å². The molecule has 4 nitrogen and oxygen atoms in total. The van der Waals surface area contributed by atoms with Crippen LogP contribution in [0, 0.1) is 3.57 Å². The van der Waals surface area contributed by atoms with Crippen LogP contribution < -0.4 is 14.9 Å². The maximum atomic E-state index is 13.2. The van der Waals surface area contributed by atoms with Crippen LogP contribution in [0.5, 0.6) is 11.5 Å². The number of nitrogens with zero attached hydrogens (tertiary/aromatic N) is 1. The number of hydrogen-bond donors (Lipinski definition) is 1. The average Bonchev–Trinajstić information content (AvgIpc) is 2.68. The molecule has 0 amide bonds. The van der Waals surface area contributed by atoms with Gasteiger partial charge in [-0.3, -0.25) is 0 Å². The minimum Gasteiger partial charge on any atom is -0.490 e. The Morgan fingerprint density at radius 3 is 2.16 bits per heavy atom. The summed E-state index contributed by atoms with van der Waals surface area (Å²) in [5, 5.41) is 2.82. The van der Waals surface area contributed by atoms with Crippen LogP contribution in [-0.2, 0) is 6.61 Å². The SMILES string of the molecule is CCOc1cc(/C=N/NC(F)(F)C(F)(F)C(F)(F)F)ccc1OCc1ccc(I)cc1. The predicted molar refractivity (Wildman–Crippen MR) is 108 cm³/mol. The van der Waals surface area contributed by atoms with Crippen LogP contribution >= 0.6 is 22.6 Å². The van der Waals surface area contributed by atoms with E-state index in [2.05, 4.69) is 27.7 Å². The van der Waals surface area contributed by atoms with E-state index < -0.39 is 18.1 Å². The van der Waals surface area contributed by atoms with Gasteiger partial charge in [0, 0.05) is 3.57 Å². The van der Waals surface area contributed by atoms with E-state index in [-0.39, 0.29) is 24.5 Å². The summed E-state index contributed by atoms with van der Waals surface area (Å²) in [6.07, 6.45) is -5.79. The van der Waals surface area contributed by atoms with Gasteiger partial charge in [-0.1, -0.05) is 12.1 Å². The highest BCUT2D eigenvalue weighted by Crippen LogP contribution is 2.45. The van der Waals surface area contributed by atoms with Gasteiger partial charge < -0.3 is 9.47 Å². The van der Waals surface area contributed by atoms with Gasteiger partial charge in [-0.15, -0.1) is 0 Å². The lowest BCUT2D eigenvalue weighted by atomic mass is 10.2. The van der Waals surface area contributed by atoms with E-state index in [0.717, 1.165) is 9.13 Å². The normalized spacial score (nSPS) is 12.8. The summed E-state index contributed by atoms with van der Waals surface area (Å²) in [4.78, 5) is 0. The lowest BCUT2D eigenvalue weighted by molar-refractivity contribution is -0.361. The second kappa shape index (κ2) is 9.92. The van der Waals surface area contributed by atoms with Gasteiger partial charge in [0.25, 0.3) is 0 Å². The summed E-state index contributed by atoms with van der Waals surface area (Å²) >= 11 is 2.16. The zero-order valence-electron chi connectivity index (χ0n) is 15.8. The highest BCUT2D eigenvalue weighted by atomic mass is 127. The molecule has 170 valence electrons. The highest BCUT2D eigenvalue weighted by molar-refractivity contribution is 14.1. The van der Waals surface area contributed by atoms with Crippen molar-refractivity contribution in [1.29, 1.82) is 0 Å². The first-order valence-electron chi connectivity index (χ1n) is 8.64. The van der Waals surface area contributed by atoms with Crippen LogP contribution in [0.15, 0.2) is 47.6 Å². The van der Waals surface area contributed by atoms with Crippen molar-refractivity contribution in [2.45, 2.75) is 31.7 Å². The largest absolute Gasteiger partial charge is 0.490 e. The molecule has 0 fully saturated rings. The van der Waals surface area contributed by atoms with Gasteiger partial charge in [-0.2, -0.15) is 35.8 Å². The minimum atomic E-state index is -6.45. The lowest BCUT2D eigenvalue weighted by Gasteiger charge is -2.27. The van der Waals surface area contributed by atoms with E-state index in [1.807, 2.05) is 24.3 Å². The van der Waals surface area contributed by atoms with Crippen molar-refractivity contribution in [3.8, 4) is 11.5 Å². The Balaban J connectivity index is 2.11. The van der Waals surface area contributed by atoms with E-state index in [1.54, 1.807) is 6.92 Å². The molecule has 1 N–H and O–H groups in total. The highest BCUT2D eigenvalue weighted by Gasteiger charge is 2.73. The summed E-state index contributed by atoms with van der Waals surface area (Å²) < 4.78 is 101. The molecule has 2 aromatic rings. The van der Waals surface area contributed by atoms with Crippen molar-refractivity contribution in [3.63, 3.8) is 0 Å². The van der Waals surface area contributed by atoms with Gasteiger partial charge in [0.15, 0.2) is 11.5 Å². The first-order chi connectivity index (χ1) is 14.4. The molecule has 0 aliphatic carbocycles. The molecule has 0 bridgehead atoms. The molecule has 12 heteroatoms. The van der Waals surface area contributed by atoms with Gasteiger partial charge in [-0.05, 0) is 71.0 Å². The third kappa shape index (κ3) is 6.37. The van der Waals surface area contributed by atoms with Crippen molar-refractivity contribution in [3.05, 3.63) is 57.2 Å². The Labute approximate surface area is 186 Å². The topological polar surface area (TPSA) is 42.8 Å². The number of rotatable bonds is 9. The maximum Gasteiger partial charge on any atom is 0.462 e. The second-order valence-electron chi connectivity index (χ2n) is 6.07. The number of hydrogen-bond acceptors (Lipinski definition) is 4. The summed E-state index contributed by atoms with van der Waals surface area (Å²) in [7, 11) is 0. The van der Waals surface area contributed by atoms with Crippen molar-refractivity contribution < 1.29 is 40.2 Å². The standard InChI is InChI=1S/C19H16F7IN2O2/c1-2-30-16-9-13(10-28-29-19(25,26)17(20,21)18(22,23)24)5-8-15(16)31-11-12-3-6-14(27)7-4-12/h3-10,29H,2,11H2,1H3/b28-10+. The molecular formula is C19H16F7IN2O2. The van der Waals surface area contributed by atoms with Crippen LogP contribution in [0.3, 0.4) is 0 Å². The molecule has 31 heavy (non-hydrogen) atoms. The lowest BCUT2D eigenvalue weighted by Crippen LogP contribution is -2.58. The Kier molecular flexibility index (Phi) is 8.00. The Morgan fingerprint density at radius 2 is 1.58 bits per heavy atom. The number of hydrazone groups is 1. The molecule has 2 aromatic carbocycles. The molecule has 0 aliphatic heterocycles. The summed E-state index contributed by atoms with van der Waals surface area (Å²) in [5.74, 6) is -5.77. The van der Waals surface area contributed by atoms with E-state index in [9.17, 15) is 30.7 Å². The fourth-order valence-electron chi connectivity index (χ4n) is 2.17. The molecule has 2 rings (SSSR count). The number of alkyl halides is 7. The monoisotopic (exact) mass is 564 g/mol. The fraction of sp³-hybridized carbons (Fsp3) is 0.316. The number of halogens is 8. The van der Waals surface area contributed by atoms with Crippen molar-refractivity contribution >= 4 is 28.8 Å². The summed E-state index contributed by atoms with van der Waals surface area (Å²) in [6.45, 7) is 2.13. The van der Waals surface area contributed by atoms with Gasteiger partial charge in [-0.25, -0.2) is 5.43 Å². The summed E-state index contributed by atoms with van der Waals surface area (Å²) in [6, 6.07) is 5.98. The first kappa shape index (κ1) is 25.0. The molecule has 0 aliphatic rings. The van der Waals surface area contributed by atoms with Gasteiger partial charge in [0.1, 0.15) is 6.61 Å². The van der Waals surface area contributed by atoms with Gasteiger partial charge >= 0.3 is 18.1 Å². The van der Waals surface area contributed by atoms with E-state index >= 15 is 0 Å². The Bertz CT molecular complexity index is 903. The molecule has 0 saturated carbocycles. The molecule has 0 heterocycles. The molecule has 0 spiro atoms. The first-order valence-corrected chi connectivity index (χ1v) is 9.72. The quantitative estimate of drug-likeness (QED) is 0.134. The van der Waals surface area contributed by atoms with Gasteiger partial charge in [0.2, 0.25) is 0 Å². The summed E-state index contributed by atoms with van der Waals surface area (Å²) in [5.41, 5.74) is 1.55. The fourth-order valence-corrected chi connectivity index (χ4v) is 2.53. The second-order valence-corrected chi connectivity index (χ2v) is 7.32. The Hall–Kier alpha value is -2.25. The Morgan fingerprint density at radius 1 is 0.935 bits per heavy atom. The molecule has 0 radical (unpaired) electrons. The van der Waals surface area contributed by atoms with Crippen molar-refractivity contribution in [1.82, 2.24) is 5.43 Å². The number of ether oxygens (including phenoxy) is 2. The third-order valence-electron chi connectivity index (χ3n) is 3.74. The zero-order valence-corrected chi connectivity index (χ0v) is 18.0. The predicted octanol–water partition coefficient (Wildman–Crippen LogP) is 5.98. The zero-order chi connectivity index (χ0) is 23.3. The van der Waals surface area contributed by atoms with Crippen LogP contribution in [0.4, 0.5) is 30.7 Å². The van der Waals surface area contributed by atoms with Crippen LogP contribution in [-0.4, -0.2) is 31.0 Å². The minimum absolute atomic E-state index is 0.101. The van der Waals surface area contributed by atoms with E-state index in [0.29, 0.717) is 17.4 Å². The van der Waals surface area contributed by atoms with Crippen LogP contribution in [0.1, 0.15) is 18.1 Å². The smallest absolute Gasteiger partial charge is 0.462 e. The molecule has 0 aromatic heterocycles. The number of benzene rings is 2. The molecular weight excluding hydrogens is 548 g/mol. The van der Waals surface area contributed by atoms with E-state index in [4.69, 9.17) is 9.47 Å². The van der Waals surface area contributed by atoms with Gasteiger partial charge in [0.05, 0.1) is 12.8 Å². The van der Waals surface area contributed by atoms with Crippen molar-refractivity contribution in [2.24, 2.45) is 5.10 Å².